The number of nitrogens with zero attached hydrogens (tertiary/aromatic N) is 1. The average Bonchev–Trinajstić information content (AvgIpc) is 2.29. The molecular weight excluding hydrogens is 220 g/mol. The first-order chi connectivity index (χ1) is 8.08. The first-order valence-electron chi connectivity index (χ1n) is 5.90. The molecule has 1 aliphatic heterocycles. The number of hydrogen-bond acceptors (Lipinski definition) is 1. The van der Waals surface area contributed by atoms with Crippen LogP contribution in [-0.2, 0) is 0 Å². The number of hydrogen-bond donors (Lipinski definition) is 0. The highest BCUT2D eigenvalue weighted by Crippen LogP contribution is 2.31. The quantitative estimate of drug-likeness (QED) is 0.762. The predicted molar refractivity (Wildman–Crippen MR) is 65.6 cm³/mol. The normalized spacial score (nSPS) is 18.3. The molecule has 0 bridgehead atoms. The maximum atomic E-state index is 13.6. The fraction of sp³-hybridized carbons (Fsp3) is 0.429. The molecule has 3 heteroatoms. The molecule has 0 N–H and O–H groups in total. The smallest absolute Gasteiger partial charge is 0.133 e. The molecule has 1 aliphatic rings. The minimum atomic E-state index is -0.539. The Bertz CT molecular complexity index is 420. The summed E-state index contributed by atoms with van der Waals surface area (Å²) >= 11 is 0. The lowest BCUT2D eigenvalue weighted by molar-refractivity contribution is 0.248. The van der Waals surface area contributed by atoms with Crippen molar-refractivity contribution in [2.24, 2.45) is 5.92 Å². The van der Waals surface area contributed by atoms with Crippen LogP contribution < -0.4 is 0 Å². The molecule has 1 nitrogen and oxygen atoms in total. The third kappa shape index (κ3) is 2.72. The van der Waals surface area contributed by atoms with Crippen LogP contribution in [0.15, 0.2) is 24.8 Å². The maximum Gasteiger partial charge on any atom is 0.133 e. The molecule has 17 heavy (non-hydrogen) atoms. The van der Waals surface area contributed by atoms with E-state index >= 15 is 0 Å². The molecule has 0 saturated carbocycles. The Hall–Kier alpha value is -1.22. The summed E-state index contributed by atoms with van der Waals surface area (Å²) in [5.41, 5.74) is 1.26. The molecule has 92 valence electrons. The van der Waals surface area contributed by atoms with Crippen molar-refractivity contribution in [2.45, 2.75) is 12.8 Å². The van der Waals surface area contributed by atoms with E-state index in [-0.39, 0.29) is 0 Å². The number of halogens is 2. The van der Waals surface area contributed by atoms with Crippen LogP contribution in [0.4, 0.5) is 8.78 Å². The Labute approximate surface area is 101 Å². The molecule has 1 fully saturated rings. The SMILES string of the molecule is C=C(c1ccc(F)cc1F)C1CCN(C)CC1. The second kappa shape index (κ2) is 4.96. The van der Waals surface area contributed by atoms with E-state index < -0.39 is 11.6 Å². The highest BCUT2D eigenvalue weighted by atomic mass is 19.1. The second-order valence-corrected chi connectivity index (χ2v) is 4.73. The summed E-state index contributed by atoms with van der Waals surface area (Å²) < 4.78 is 26.4. The topological polar surface area (TPSA) is 3.24 Å². The van der Waals surface area contributed by atoms with Crippen LogP contribution in [0.3, 0.4) is 0 Å². The lowest BCUT2D eigenvalue weighted by atomic mass is 9.86. The Kier molecular flexibility index (Phi) is 3.57. The first kappa shape index (κ1) is 12.2. The molecular formula is C14H17F2N. The molecule has 0 radical (unpaired) electrons. The monoisotopic (exact) mass is 237 g/mol. The van der Waals surface area contributed by atoms with E-state index in [4.69, 9.17) is 0 Å². The third-order valence-electron chi connectivity index (χ3n) is 3.49. The van der Waals surface area contributed by atoms with Crippen molar-refractivity contribution < 1.29 is 8.78 Å². The van der Waals surface area contributed by atoms with E-state index in [2.05, 4.69) is 18.5 Å². The van der Waals surface area contributed by atoms with Crippen LogP contribution in [-0.4, -0.2) is 25.0 Å². The van der Waals surface area contributed by atoms with Gasteiger partial charge in [0.05, 0.1) is 0 Å². The molecule has 0 aromatic heterocycles. The summed E-state index contributed by atoms with van der Waals surface area (Å²) in [6.07, 6.45) is 1.98. The molecule has 1 heterocycles. The zero-order valence-electron chi connectivity index (χ0n) is 10.0. The predicted octanol–water partition coefficient (Wildman–Crippen LogP) is 3.32. The summed E-state index contributed by atoms with van der Waals surface area (Å²) in [4.78, 5) is 2.25. The number of piperidine rings is 1. The van der Waals surface area contributed by atoms with Gasteiger partial charge in [-0.3, -0.25) is 0 Å². The maximum absolute atomic E-state index is 13.6. The molecule has 0 aliphatic carbocycles. The Morgan fingerprint density at radius 2 is 1.94 bits per heavy atom. The molecule has 1 aromatic carbocycles. The lowest BCUT2D eigenvalue weighted by Gasteiger charge is -2.30. The lowest BCUT2D eigenvalue weighted by Crippen LogP contribution is -2.30. The van der Waals surface area contributed by atoms with E-state index in [1.54, 1.807) is 0 Å². The second-order valence-electron chi connectivity index (χ2n) is 4.73. The Morgan fingerprint density at radius 1 is 1.29 bits per heavy atom. The number of allylic oxidation sites excluding steroid dienone is 1. The van der Waals surface area contributed by atoms with Crippen molar-refractivity contribution in [3.8, 4) is 0 Å². The zero-order chi connectivity index (χ0) is 12.4. The van der Waals surface area contributed by atoms with Gasteiger partial charge in [0.2, 0.25) is 0 Å². The fourth-order valence-corrected chi connectivity index (χ4v) is 2.33. The van der Waals surface area contributed by atoms with Gasteiger partial charge >= 0.3 is 0 Å². The van der Waals surface area contributed by atoms with Gasteiger partial charge in [-0.1, -0.05) is 6.58 Å². The molecule has 0 spiro atoms. The van der Waals surface area contributed by atoms with Crippen molar-refractivity contribution in [3.63, 3.8) is 0 Å². The third-order valence-corrected chi connectivity index (χ3v) is 3.49. The van der Waals surface area contributed by atoms with Crippen molar-refractivity contribution in [2.75, 3.05) is 20.1 Å². The highest BCUT2D eigenvalue weighted by molar-refractivity contribution is 5.65. The van der Waals surface area contributed by atoms with E-state index in [9.17, 15) is 8.78 Å². The van der Waals surface area contributed by atoms with E-state index in [0.29, 0.717) is 11.5 Å². The van der Waals surface area contributed by atoms with E-state index in [0.717, 1.165) is 37.6 Å². The van der Waals surface area contributed by atoms with E-state index in [1.807, 2.05) is 0 Å². The first-order valence-corrected chi connectivity index (χ1v) is 5.90. The molecule has 1 aromatic rings. The molecule has 1 saturated heterocycles. The Morgan fingerprint density at radius 3 is 2.53 bits per heavy atom. The average molecular weight is 237 g/mol. The summed E-state index contributed by atoms with van der Waals surface area (Å²) in [6, 6.07) is 3.71. The van der Waals surface area contributed by atoms with Crippen molar-refractivity contribution in [3.05, 3.63) is 42.0 Å². The summed E-state index contributed by atoms with van der Waals surface area (Å²) in [7, 11) is 2.08. The summed E-state index contributed by atoms with van der Waals surface area (Å²) in [5.74, 6) is -0.734. The van der Waals surface area contributed by atoms with Crippen LogP contribution in [0.2, 0.25) is 0 Å². The molecule has 2 rings (SSSR count). The van der Waals surface area contributed by atoms with Crippen LogP contribution in [0.1, 0.15) is 18.4 Å². The van der Waals surface area contributed by atoms with E-state index in [1.165, 1.54) is 12.1 Å². The van der Waals surface area contributed by atoms with Crippen LogP contribution >= 0.6 is 0 Å². The van der Waals surface area contributed by atoms with Crippen molar-refractivity contribution in [1.82, 2.24) is 4.90 Å². The fourth-order valence-electron chi connectivity index (χ4n) is 2.33. The van der Waals surface area contributed by atoms with Gasteiger partial charge in [-0.2, -0.15) is 0 Å². The van der Waals surface area contributed by atoms with Gasteiger partial charge in [0.25, 0.3) is 0 Å². The number of rotatable bonds is 2. The van der Waals surface area contributed by atoms with Crippen molar-refractivity contribution >= 4 is 5.57 Å². The molecule has 0 atom stereocenters. The van der Waals surface area contributed by atoms with Crippen molar-refractivity contribution in [1.29, 1.82) is 0 Å². The zero-order valence-corrected chi connectivity index (χ0v) is 10.0. The van der Waals surface area contributed by atoms with Crippen LogP contribution in [0, 0.1) is 17.6 Å². The van der Waals surface area contributed by atoms with Gasteiger partial charge in [-0.15, -0.1) is 0 Å². The largest absolute Gasteiger partial charge is 0.306 e. The van der Waals surface area contributed by atoms with Crippen LogP contribution in [0.5, 0.6) is 0 Å². The Balaban J connectivity index is 2.14. The summed E-state index contributed by atoms with van der Waals surface area (Å²) in [5, 5.41) is 0. The van der Waals surface area contributed by atoms with Crippen LogP contribution in [0.25, 0.3) is 5.57 Å². The molecule has 0 amide bonds. The minimum Gasteiger partial charge on any atom is -0.306 e. The standard InChI is InChI=1S/C14H17F2N/c1-10(11-5-7-17(2)8-6-11)13-4-3-12(15)9-14(13)16/h3-4,9,11H,1,5-8H2,2H3. The van der Waals surface area contributed by atoms with Gasteiger partial charge < -0.3 is 4.90 Å². The minimum absolute atomic E-state index is 0.311. The number of benzene rings is 1. The van der Waals surface area contributed by atoms with Gasteiger partial charge in [-0.25, -0.2) is 8.78 Å². The van der Waals surface area contributed by atoms with Gasteiger partial charge in [0, 0.05) is 11.6 Å². The van der Waals surface area contributed by atoms with Gasteiger partial charge in [0.1, 0.15) is 11.6 Å². The summed E-state index contributed by atoms with van der Waals surface area (Å²) in [6.45, 7) is 6.00. The highest BCUT2D eigenvalue weighted by Gasteiger charge is 2.21. The van der Waals surface area contributed by atoms with Gasteiger partial charge in [0.15, 0.2) is 0 Å². The number of likely N-dealkylation sites (tertiary alicyclic amines) is 1. The van der Waals surface area contributed by atoms with Gasteiger partial charge in [-0.05, 0) is 56.6 Å². The molecule has 0 unspecified atom stereocenters.